The van der Waals surface area contributed by atoms with Gasteiger partial charge in [-0.3, -0.25) is 4.79 Å². The summed E-state index contributed by atoms with van der Waals surface area (Å²) in [6.45, 7) is 6.22. The lowest BCUT2D eigenvalue weighted by Gasteiger charge is -2.14. The van der Waals surface area contributed by atoms with E-state index in [0.29, 0.717) is 16.7 Å². The molecule has 0 N–H and O–H groups in total. The molecule has 1 atom stereocenters. The fraction of sp³-hybridized carbons (Fsp3) is 0.261. The molecule has 29 heavy (non-hydrogen) atoms. The first-order valence-corrected chi connectivity index (χ1v) is 10.5. The number of halogens is 1. The number of benzene rings is 2. The van der Waals surface area contributed by atoms with Gasteiger partial charge in [0.2, 0.25) is 0 Å². The maximum absolute atomic E-state index is 13.3. The molecule has 5 nitrogen and oxygen atoms in total. The number of hydrogen-bond donors (Lipinski definition) is 0. The van der Waals surface area contributed by atoms with Gasteiger partial charge in [-0.1, -0.05) is 48.0 Å². The highest BCUT2D eigenvalue weighted by Crippen LogP contribution is 2.24. The van der Waals surface area contributed by atoms with E-state index in [4.69, 9.17) is 4.98 Å². The molecule has 0 aliphatic heterocycles. The Labute approximate surface area is 177 Å². The van der Waals surface area contributed by atoms with Gasteiger partial charge >= 0.3 is 0 Å². The smallest absolute Gasteiger partial charge is 0.282 e. The average Bonchev–Trinajstić information content (AvgIpc) is 2.97. The van der Waals surface area contributed by atoms with Gasteiger partial charge in [-0.2, -0.15) is 9.78 Å². The predicted octanol–water partition coefficient (Wildman–Crippen LogP) is 5.35. The molecule has 4 aromatic rings. The van der Waals surface area contributed by atoms with Crippen LogP contribution in [0.5, 0.6) is 0 Å². The Morgan fingerprint density at radius 2 is 1.97 bits per heavy atom. The van der Waals surface area contributed by atoms with Gasteiger partial charge in [0.1, 0.15) is 5.82 Å². The van der Waals surface area contributed by atoms with Gasteiger partial charge < -0.3 is 4.57 Å². The molecule has 2 aromatic heterocycles. The van der Waals surface area contributed by atoms with Crippen molar-refractivity contribution in [3.63, 3.8) is 0 Å². The van der Waals surface area contributed by atoms with Crippen molar-refractivity contribution in [1.29, 1.82) is 0 Å². The van der Waals surface area contributed by atoms with Gasteiger partial charge in [0.25, 0.3) is 5.56 Å². The summed E-state index contributed by atoms with van der Waals surface area (Å²) >= 11 is 3.45. The number of para-hydroxylation sites is 1. The van der Waals surface area contributed by atoms with Gasteiger partial charge in [0.05, 0.1) is 17.1 Å². The zero-order chi connectivity index (χ0) is 20.7. The Morgan fingerprint density at radius 1 is 1.21 bits per heavy atom. The molecule has 2 aromatic carbocycles. The largest absolute Gasteiger partial charge is 0.347 e. The summed E-state index contributed by atoms with van der Waals surface area (Å²) in [4.78, 5) is 18.1. The van der Waals surface area contributed by atoms with Crippen molar-refractivity contribution < 1.29 is 0 Å². The van der Waals surface area contributed by atoms with E-state index in [1.165, 1.54) is 4.68 Å². The van der Waals surface area contributed by atoms with Crippen LogP contribution in [-0.2, 0) is 7.05 Å². The van der Waals surface area contributed by atoms with E-state index in [9.17, 15) is 4.79 Å². The van der Waals surface area contributed by atoms with Crippen molar-refractivity contribution >= 4 is 44.0 Å². The average molecular weight is 451 g/mol. The zero-order valence-corrected chi connectivity index (χ0v) is 18.6. The van der Waals surface area contributed by atoms with Crippen molar-refractivity contribution in [2.75, 3.05) is 0 Å². The summed E-state index contributed by atoms with van der Waals surface area (Å²) in [5.41, 5.74) is 3.80. The second kappa shape index (κ2) is 7.59. The van der Waals surface area contributed by atoms with Gasteiger partial charge in [-0.15, -0.1) is 0 Å². The number of rotatable bonds is 4. The Morgan fingerprint density at radius 3 is 2.72 bits per heavy atom. The van der Waals surface area contributed by atoms with E-state index in [-0.39, 0.29) is 11.5 Å². The van der Waals surface area contributed by atoms with Crippen LogP contribution in [0.1, 0.15) is 43.3 Å². The summed E-state index contributed by atoms with van der Waals surface area (Å²) in [7, 11) is 2.04. The van der Waals surface area contributed by atoms with Crippen LogP contribution in [0.15, 0.2) is 56.8 Å². The van der Waals surface area contributed by atoms with E-state index >= 15 is 0 Å². The molecular weight excluding hydrogens is 428 g/mol. The minimum Gasteiger partial charge on any atom is -0.347 e. The Balaban J connectivity index is 1.95. The summed E-state index contributed by atoms with van der Waals surface area (Å²) in [5.74, 6) is 0.794. The number of nitrogens with zero attached hydrogens (tertiary/aromatic N) is 4. The quantitative estimate of drug-likeness (QED) is 0.393. The first-order chi connectivity index (χ1) is 13.9. The van der Waals surface area contributed by atoms with Gasteiger partial charge in [-0.25, -0.2) is 4.98 Å². The highest BCUT2D eigenvalue weighted by Gasteiger charge is 2.16. The lowest BCUT2D eigenvalue weighted by Crippen LogP contribution is -2.23. The summed E-state index contributed by atoms with van der Waals surface area (Å²) in [5, 5.41) is 6.31. The Hall–Kier alpha value is -2.73. The second-order valence-corrected chi connectivity index (χ2v) is 8.29. The van der Waals surface area contributed by atoms with E-state index in [1.54, 1.807) is 12.3 Å². The SMILES string of the molecule is CC[C@H](C)c1nc2ccc(Br)cc2c(=O)n1N=Cc1c(C)n(C)c2ccccc12. The predicted molar refractivity (Wildman–Crippen MR) is 123 cm³/mol. The molecule has 0 bridgehead atoms. The van der Waals surface area contributed by atoms with Crippen LogP contribution in [0.4, 0.5) is 0 Å². The fourth-order valence-corrected chi connectivity index (χ4v) is 3.97. The van der Waals surface area contributed by atoms with Crippen LogP contribution in [0.25, 0.3) is 21.8 Å². The molecule has 148 valence electrons. The van der Waals surface area contributed by atoms with Crippen molar-refractivity contribution in [2.24, 2.45) is 12.1 Å². The maximum atomic E-state index is 13.3. The molecule has 0 aliphatic rings. The lowest BCUT2D eigenvalue weighted by molar-refractivity contribution is 0.613. The molecule has 0 spiro atoms. The molecule has 6 heteroatoms. The van der Waals surface area contributed by atoms with Crippen molar-refractivity contribution in [3.8, 4) is 0 Å². The van der Waals surface area contributed by atoms with Crippen molar-refractivity contribution in [2.45, 2.75) is 33.1 Å². The number of aryl methyl sites for hydroxylation is 1. The highest BCUT2D eigenvalue weighted by molar-refractivity contribution is 9.10. The number of fused-ring (bicyclic) bond motifs is 2. The van der Waals surface area contributed by atoms with Crippen LogP contribution < -0.4 is 5.56 Å². The number of hydrogen-bond acceptors (Lipinski definition) is 3. The normalized spacial score (nSPS) is 13.0. The molecule has 0 unspecified atom stereocenters. The first-order valence-electron chi connectivity index (χ1n) is 9.73. The van der Waals surface area contributed by atoms with Crippen LogP contribution in [0.2, 0.25) is 0 Å². The van der Waals surface area contributed by atoms with E-state index < -0.39 is 0 Å². The zero-order valence-electron chi connectivity index (χ0n) is 17.0. The molecule has 0 aliphatic carbocycles. The van der Waals surface area contributed by atoms with Gasteiger partial charge in [0, 0.05) is 39.6 Å². The van der Waals surface area contributed by atoms with Crippen molar-refractivity contribution in [1.82, 2.24) is 14.2 Å². The second-order valence-electron chi connectivity index (χ2n) is 7.38. The lowest BCUT2D eigenvalue weighted by atomic mass is 10.1. The molecule has 4 rings (SSSR count). The molecule has 2 heterocycles. The van der Waals surface area contributed by atoms with E-state index in [2.05, 4.69) is 58.5 Å². The monoisotopic (exact) mass is 450 g/mol. The summed E-state index contributed by atoms with van der Waals surface area (Å²) in [6.07, 6.45) is 2.66. The van der Waals surface area contributed by atoms with E-state index in [1.807, 2.05) is 31.3 Å². The Bertz CT molecular complexity index is 1320. The Kier molecular flexibility index (Phi) is 5.13. The first kappa shape index (κ1) is 19.6. The van der Waals surface area contributed by atoms with Crippen LogP contribution in [-0.4, -0.2) is 20.4 Å². The summed E-state index contributed by atoms with van der Waals surface area (Å²) in [6, 6.07) is 13.8. The standard InChI is InChI=1S/C23H23BrN4O/c1-5-14(2)22-26-20-11-10-16(24)12-18(20)23(29)28(22)25-13-19-15(3)27(4)21-9-7-6-8-17(19)21/h6-14H,5H2,1-4H3/t14-/m0/s1. The van der Waals surface area contributed by atoms with Crippen LogP contribution in [0.3, 0.4) is 0 Å². The van der Waals surface area contributed by atoms with E-state index in [0.717, 1.165) is 33.1 Å². The van der Waals surface area contributed by atoms with Crippen LogP contribution >= 0.6 is 15.9 Å². The molecule has 0 fully saturated rings. The molecular formula is C23H23BrN4O. The molecule has 0 saturated carbocycles. The van der Waals surface area contributed by atoms with Crippen LogP contribution in [0, 0.1) is 6.92 Å². The van der Waals surface area contributed by atoms with Gasteiger partial charge in [0.15, 0.2) is 0 Å². The third-order valence-electron chi connectivity index (χ3n) is 5.64. The maximum Gasteiger partial charge on any atom is 0.282 e. The minimum atomic E-state index is -0.152. The topological polar surface area (TPSA) is 52.2 Å². The number of aromatic nitrogens is 3. The summed E-state index contributed by atoms with van der Waals surface area (Å²) < 4.78 is 4.45. The highest BCUT2D eigenvalue weighted by atomic mass is 79.9. The van der Waals surface area contributed by atoms with Gasteiger partial charge in [-0.05, 0) is 37.6 Å². The third-order valence-corrected chi connectivity index (χ3v) is 6.13. The molecule has 0 saturated heterocycles. The molecule has 0 amide bonds. The minimum absolute atomic E-state index is 0.113. The fourth-order valence-electron chi connectivity index (χ4n) is 3.61. The van der Waals surface area contributed by atoms with Crippen molar-refractivity contribution in [3.05, 3.63) is 74.4 Å². The third kappa shape index (κ3) is 3.31. The molecule has 0 radical (unpaired) electrons.